The molecule has 1 heterocycles. The minimum Gasteiger partial charge on any atom is -0.484 e. The van der Waals surface area contributed by atoms with Crippen LogP contribution in [0.4, 0.5) is 0 Å². The summed E-state index contributed by atoms with van der Waals surface area (Å²) in [6, 6.07) is 6.62. The summed E-state index contributed by atoms with van der Waals surface area (Å²) in [7, 11) is 0. The molecular weight excluding hydrogens is 310 g/mol. The standard InChI is InChI=1S/C14H18ClN3O4/c15-9-1-4-11(5-2-9)21-8-13(19)17-10-3-6-12(22-7-10)14(20)18-16/h1-2,4-5,10,12H,3,6-8,16H2,(H,17,19)(H,18,20)/t10-,12+/m1/s1. The monoisotopic (exact) mass is 327 g/mol. The molecular formula is C14H18ClN3O4. The lowest BCUT2D eigenvalue weighted by Gasteiger charge is -2.28. The van der Waals surface area contributed by atoms with Gasteiger partial charge in [0.2, 0.25) is 0 Å². The van der Waals surface area contributed by atoms with Crippen molar-refractivity contribution in [2.75, 3.05) is 13.2 Å². The van der Waals surface area contributed by atoms with Gasteiger partial charge in [0.15, 0.2) is 6.61 Å². The van der Waals surface area contributed by atoms with Crippen LogP contribution in [-0.4, -0.2) is 37.2 Å². The summed E-state index contributed by atoms with van der Waals surface area (Å²) in [4.78, 5) is 23.1. The number of hydrogen-bond acceptors (Lipinski definition) is 5. The molecule has 0 aliphatic carbocycles. The van der Waals surface area contributed by atoms with E-state index in [1.54, 1.807) is 24.3 Å². The maximum absolute atomic E-state index is 11.8. The molecule has 1 aliphatic heterocycles. The highest BCUT2D eigenvalue weighted by Crippen LogP contribution is 2.16. The number of carbonyl (C=O) groups is 2. The third-order valence-corrected chi connectivity index (χ3v) is 3.51. The van der Waals surface area contributed by atoms with Crippen molar-refractivity contribution < 1.29 is 19.1 Å². The highest BCUT2D eigenvalue weighted by atomic mass is 35.5. The van der Waals surface area contributed by atoms with Gasteiger partial charge in [0.25, 0.3) is 11.8 Å². The SMILES string of the molecule is NNC(=O)[C@@H]1CC[C@@H](NC(=O)COc2ccc(Cl)cc2)CO1. The molecule has 0 aromatic heterocycles. The summed E-state index contributed by atoms with van der Waals surface area (Å²) in [5, 5.41) is 3.40. The number of rotatable bonds is 5. The van der Waals surface area contributed by atoms with Gasteiger partial charge in [-0.25, -0.2) is 5.84 Å². The van der Waals surface area contributed by atoms with E-state index in [4.69, 9.17) is 26.9 Å². The summed E-state index contributed by atoms with van der Waals surface area (Å²) in [5.41, 5.74) is 2.05. The van der Waals surface area contributed by atoms with Gasteiger partial charge in [-0.1, -0.05) is 11.6 Å². The molecule has 1 aliphatic rings. The first kappa shape index (κ1) is 16.5. The Bertz CT molecular complexity index is 515. The average molecular weight is 328 g/mol. The lowest BCUT2D eigenvalue weighted by molar-refractivity contribution is -0.137. The van der Waals surface area contributed by atoms with Gasteiger partial charge in [0.1, 0.15) is 11.9 Å². The predicted octanol–water partition coefficient (Wildman–Crippen LogP) is 0.373. The van der Waals surface area contributed by atoms with E-state index in [2.05, 4.69) is 10.7 Å². The van der Waals surface area contributed by atoms with Crippen LogP contribution in [0.2, 0.25) is 5.02 Å². The zero-order chi connectivity index (χ0) is 15.9. The molecule has 0 spiro atoms. The Morgan fingerprint density at radius 1 is 1.32 bits per heavy atom. The Morgan fingerprint density at radius 3 is 2.64 bits per heavy atom. The van der Waals surface area contributed by atoms with Crippen molar-refractivity contribution in [1.82, 2.24) is 10.7 Å². The number of ether oxygens (including phenoxy) is 2. The molecule has 1 fully saturated rings. The maximum atomic E-state index is 11.8. The molecule has 7 nitrogen and oxygen atoms in total. The van der Waals surface area contributed by atoms with E-state index in [1.165, 1.54) is 0 Å². The first-order chi connectivity index (χ1) is 10.6. The van der Waals surface area contributed by atoms with Gasteiger partial charge in [-0.05, 0) is 37.1 Å². The molecule has 1 aromatic carbocycles. The highest BCUT2D eigenvalue weighted by molar-refractivity contribution is 6.30. The minimum absolute atomic E-state index is 0.0924. The van der Waals surface area contributed by atoms with Crippen molar-refractivity contribution in [3.63, 3.8) is 0 Å². The quantitative estimate of drug-likeness (QED) is 0.412. The number of hydrogen-bond donors (Lipinski definition) is 3. The van der Waals surface area contributed by atoms with Gasteiger partial charge in [0, 0.05) is 5.02 Å². The Labute approximate surface area is 133 Å². The Morgan fingerprint density at radius 2 is 2.05 bits per heavy atom. The van der Waals surface area contributed by atoms with Crippen molar-refractivity contribution in [3.05, 3.63) is 29.3 Å². The highest BCUT2D eigenvalue weighted by Gasteiger charge is 2.27. The van der Waals surface area contributed by atoms with Crippen molar-refractivity contribution >= 4 is 23.4 Å². The third kappa shape index (κ3) is 4.87. The number of nitrogens with one attached hydrogen (secondary N) is 2. The number of amides is 2. The molecule has 2 atom stereocenters. The van der Waals surface area contributed by atoms with Crippen molar-refractivity contribution in [1.29, 1.82) is 0 Å². The number of carbonyl (C=O) groups excluding carboxylic acids is 2. The van der Waals surface area contributed by atoms with Crippen molar-refractivity contribution in [2.45, 2.75) is 25.0 Å². The maximum Gasteiger partial charge on any atom is 0.262 e. The molecule has 22 heavy (non-hydrogen) atoms. The van der Waals surface area contributed by atoms with Gasteiger partial charge in [-0.3, -0.25) is 15.0 Å². The fourth-order valence-electron chi connectivity index (χ4n) is 2.11. The summed E-state index contributed by atoms with van der Waals surface area (Å²) in [6.45, 7) is 0.176. The molecule has 0 radical (unpaired) electrons. The molecule has 1 saturated heterocycles. The topological polar surface area (TPSA) is 103 Å². The molecule has 8 heteroatoms. The Balaban J connectivity index is 1.69. The molecule has 0 bridgehead atoms. The van der Waals surface area contributed by atoms with Crippen LogP contribution in [0.25, 0.3) is 0 Å². The predicted molar refractivity (Wildman–Crippen MR) is 80.2 cm³/mol. The molecule has 4 N–H and O–H groups in total. The van der Waals surface area contributed by atoms with Crippen LogP contribution in [0.3, 0.4) is 0 Å². The fraction of sp³-hybridized carbons (Fsp3) is 0.429. The van der Waals surface area contributed by atoms with Crippen LogP contribution < -0.4 is 21.3 Å². The smallest absolute Gasteiger partial charge is 0.262 e. The second-order valence-corrected chi connectivity index (χ2v) is 5.35. The fourth-order valence-corrected chi connectivity index (χ4v) is 2.24. The Hall–Kier alpha value is -1.83. The van der Waals surface area contributed by atoms with Crippen LogP contribution in [0.5, 0.6) is 5.75 Å². The number of nitrogens with two attached hydrogens (primary N) is 1. The van der Waals surface area contributed by atoms with Gasteiger partial charge in [0.05, 0.1) is 12.6 Å². The van der Waals surface area contributed by atoms with E-state index in [-0.39, 0.29) is 31.1 Å². The lowest BCUT2D eigenvalue weighted by atomic mass is 10.0. The molecule has 120 valence electrons. The van der Waals surface area contributed by atoms with E-state index in [0.29, 0.717) is 23.6 Å². The zero-order valence-corrected chi connectivity index (χ0v) is 12.6. The molecule has 0 saturated carbocycles. The van der Waals surface area contributed by atoms with E-state index >= 15 is 0 Å². The first-order valence-electron chi connectivity index (χ1n) is 6.88. The first-order valence-corrected chi connectivity index (χ1v) is 7.26. The zero-order valence-electron chi connectivity index (χ0n) is 11.9. The number of hydrazine groups is 1. The largest absolute Gasteiger partial charge is 0.484 e. The van der Waals surface area contributed by atoms with Crippen LogP contribution in [-0.2, 0) is 14.3 Å². The van der Waals surface area contributed by atoms with Gasteiger partial charge in [-0.15, -0.1) is 0 Å². The second-order valence-electron chi connectivity index (χ2n) is 4.91. The van der Waals surface area contributed by atoms with Crippen molar-refractivity contribution in [3.8, 4) is 5.75 Å². The average Bonchev–Trinajstić information content (AvgIpc) is 2.54. The normalized spacial score (nSPS) is 21.0. The van der Waals surface area contributed by atoms with Gasteiger partial charge < -0.3 is 14.8 Å². The van der Waals surface area contributed by atoms with Crippen molar-refractivity contribution in [2.24, 2.45) is 5.84 Å². The summed E-state index contributed by atoms with van der Waals surface area (Å²) < 4.78 is 10.7. The van der Waals surface area contributed by atoms with Crippen LogP contribution in [0.1, 0.15) is 12.8 Å². The van der Waals surface area contributed by atoms with E-state index in [0.717, 1.165) is 0 Å². The van der Waals surface area contributed by atoms with Crippen LogP contribution in [0.15, 0.2) is 24.3 Å². The number of halogens is 1. The second kappa shape index (κ2) is 7.98. The van der Waals surface area contributed by atoms with Crippen LogP contribution in [0, 0.1) is 0 Å². The molecule has 0 unspecified atom stereocenters. The molecule has 2 rings (SSSR count). The van der Waals surface area contributed by atoms with E-state index < -0.39 is 6.10 Å². The van der Waals surface area contributed by atoms with Crippen LogP contribution >= 0.6 is 11.6 Å². The summed E-state index contributed by atoms with van der Waals surface area (Å²) in [5.74, 6) is 5.02. The van der Waals surface area contributed by atoms with Gasteiger partial charge in [-0.2, -0.15) is 0 Å². The molecule has 1 aromatic rings. The lowest BCUT2D eigenvalue weighted by Crippen LogP contribution is -2.49. The van der Waals surface area contributed by atoms with E-state index in [9.17, 15) is 9.59 Å². The van der Waals surface area contributed by atoms with Gasteiger partial charge >= 0.3 is 0 Å². The molecule has 2 amide bonds. The summed E-state index contributed by atoms with van der Waals surface area (Å²) in [6.07, 6.45) is 0.597. The minimum atomic E-state index is -0.552. The third-order valence-electron chi connectivity index (χ3n) is 3.26. The number of benzene rings is 1. The Kier molecular flexibility index (Phi) is 6.00. The summed E-state index contributed by atoms with van der Waals surface area (Å²) >= 11 is 5.76. The van der Waals surface area contributed by atoms with E-state index in [1.807, 2.05) is 0 Å².